The number of benzene rings is 2. The van der Waals surface area contributed by atoms with Crippen LogP contribution in [-0.4, -0.2) is 55.9 Å². The zero-order chi connectivity index (χ0) is 26.7. The van der Waals surface area contributed by atoms with Crippen LogP contribution in [0.3, 0.4) is 0 Å². The van der Waals surface area contributed by atoms with Crippen molar-refractivity contribution in [2.24, 2.45) is 0 Å². The van der Waals surface area contributed by atoms with Crippen molar-refractivity contribution in [2.75, 3.05) is 32.2 Å². The number of hydrogen-bond donors (Lipinski definition) is 0. The van der Waals surface area contributed by atoms with E-state index in [1.165, 1.54) is 27.8 Å². The summed E-state index contributed by atoms with van der Waals surface area (Å²) < 4.78 is 39.3. The Morgan fingerprint density at radius 3 is 2.39 bits per heavy atom. The van der Waals surface area contributed by atoms with Gasteiger partial charge in [0.15, 0.2) is 16.6 Å². The summed E-state index contributed by atoms with van der Waals surface area (Å²) in [6.45, 7) is 1.29. The molecule has 1 saturated heterocycles. The Balaban J connectivity index is 1.49. The van der Waals surface area contributed by atoms with Crippen molar-refractivity contribution in [3.63, 3.8) is 0 Å². The zero-order valence-corrected chi connectivity index (χ0v) is 22.8. The smallest absolute Gasteiger partial charge is 0.260 e. The number of carbonyl (C=O) groups excluding carboxylic acids is 1. The van der Waals surface area contributed by atoms with Crippen molar-refractivity contribution in [3.05, 3.63) is 72.1 Å². The highest BCUT2D eigenvalue weighted by molar-refractivity contribution is 7.89. The Labute approximate surface area is 225 Å². The van der Waals surface area contributed by atoms with Gasteiger partial charge in [0.25, 0.3) is 5.91 Å². The van der Waals surface area contributed by atoms with Crippen LogP contribution in [0.2, 0.25) is 0 Å². The summed E-state index contributed by atoms with van der Waals surface area (Å²) in [5, 5.41) is 0.495. The van der Waals surface area contributed by atoms with E-state index in [0.717, 1.165) is 29.5 Å². The van der Waals surface area contributed by atoms with Gasteiger partial charge in [-0.1, -0.05) is 23.8 Å². The number of fused-ring (bicyclic) bond motifs is 1. The number of carbonyl (C=O) groups is 1. The van der Waals surface area contributed by atoms with E-state index in [9.17, 15) is 13.2 Å². The third kappa shape index (κ3) is 5.22. The van der Waals surface area contributed by atoms with Crippen molar-refractivity contribution in [1.82, 2.24) is 14.3 Å². The van der Waals surface area contributed by atoms with Gasteiger partial charge in [0, 0.05) is 43.2 Å². The molecular formula is C27H28N4O5S2. The van der Waals surface area contributed by atoms with Gasteiger partial charge in [0.1, 0.15) is 0 Å². The van der Waals surface area contributed by atoms with Gasteiger partial charge in [-0.15, -0.1) is 0 Å². The fourth-order valence-corrected chi connectivity index (χ4v) is 6.93. The van der Waals surface area contributed by atoms with E-state index in [4.69, 9.17) is 14.5 Å². The third-order valence-corrected chi connectivity index (χ3v) is 9.43. The molecule has 5 rings (SSSR count). The van der Waals surface area contributed by atoms with Gasteiger partial charge in [-0.3, -0.25) is 14.7 Å². The van der Waals surface area contributed by atoms with E-state index in [2.05, 4.69) is 4.98 Å². The molecule has 11 heteroatoms. The number of amides is 1. The maximum atomic E-state index is 13.8. The summed E-state index contributed by atoms with van der Waals surface area (Å²) >= 11 is 1.36. The van der Waals surface area contributed by atoms with Crippen LogP contribution in [0.25, 0.3) is 10.2 Å². The highest BCUT2D eigenvalue weighted by Crippen LogP contribution is 2.38. The van der Waals surface area contributed by atoms with Gasteiger partial charge in [-0.2, -0.15) is 4.31 Å². The maximum absolute atomic E-state index is 13.8. The Morgan fingerprint density at radius 2 is 1.74 bits per heavy atom. The lowest BCUT2D eigenvalue weighted by atomic mass is 10.2. The second kappa shape index (κ2) is 11.1. The van der Waals surface area contributed by atoms with Crippen LogP contribution < -0.4 is 14.4 Å². The first-order valence-corrected chi connectivity index (χ1v) is 14.5. The van der Waals surface area contributed by atoms with Gasteiger partial charge in [0.2, 0.25) is 10.0 Å². The van der Waals surface area contributed by atoms with E-state index in [1.54, 1.807) is 49.7 Å². The molecule has 1 amide bonds. The number of methoxy groups -OCH3 is 2. The van der Waals surface area contributed by atoms with E-state index in [1.807, 2.05) is 18.2 Å². The standard InChI is InChI=1S/C27H28N4O5S2/c1-35-23-15-22-25(16-24(23)36-2)37-27(29-22)31(18-19-7-6-12-28-17-19)26(32)20-8-10-21(11-9-20)38(33,34)30-13-4-3-5-14-30/h6-12,15-17H,3-5,13-14,18H2,1-2H3. The number of aromatic nitrogens is 2. The lowest BCUT2D eigenvalue weighted by Gasteiger charge is -2.26. The molecule has 0 spiro atoms. The van der Waals surface area contributed by atoms with Gasteiger partial charge in [-0.05, 0) is 48.7 Å². The predicted molar refractivity (Wildman–Crippen MR) is 147 cm³/mol. The highest BCUT2D eigenvalue weighted by atomic mass is 32.2. The Hall–Kier alpha value is -3.54. The van der Waals surface area contributed by atoms with Crippen molar-refractivity contribution >= 4 is 42.6 Å². The molecule has 0 unspecified atom stereocenters. The van der Waals surface area contributed by atoms with Crippen molar-refractivity contribution in [3.8, 4) is 11.5 Å². The minimum Gasteiger partial charge on any atom is -0.493 e. The number of hydrogen-bond acceptors (Lipinski definition) is 8. The molecule has 0 aliphatic carbocycles. The molecule has 38 heavy (non-hydrogen) atoms. The minimum absolute atomic E-state index is 0.189. The van der Waals surface area contributed by atoms with Crippen molar-refractivity contribution < 1.29 is 22.7 Å². The summed E-state index contributed by atoms with van der Waals surface area (Å²) in [5.74, 6) is 0.826. The van der Waals surface area contributed by atoms with Crippen LogP contribution in [0.4, 0.5) is 5.13 Å². The number of anilines is 1. The first kappa shape index (κ1) is 26.1. The SMILES string of the molecule is COc1cc2nc(N(Cc3cccnc3)C(=O)c3ccc(S(=O)(=O)N4CCCCC4)cc3)sc2cc1OC. The topological polar surface area (TPSA) is 102 Å². The zero-order valence-electron chi connectivity index (χ0n) is 21.2. The van der Waals surface area contributed by atoms with E-state index in [-0.39, 0.29) is 17.3 Å². The summed E-state index contributed by atoms with van der Waals surface area (Å²) in [6.07, 6.45) is 6.14. The lowest BCUT2D eigenvalue weighted by Crippen LogP contribution is -2.35. The van der Waals surface area contributed by atoms with E-state index < -0.39 is 10.0 Å². The molecule has 0 N–H and O–H groups in total. The molecule has 9 nitrogen and oxygen atoms in total. The molecule has 1 fully saturated rings. The van der Waals surface area contributed by atoms with Crippen LogP contribution in [0.15, 0.2) is 65.8 Å². The molecule has 0 radical (unpaired) electrons. The highest BCUT2D eigenvalue weighted by Gasteiger charge is 2.27. The van der Waals surface area contributed by atoms with Crippen molar-refractivity contribution in [1.29, 1.82) is 0 Å². The Morgan fingerprint density at radius 1 is 1.03 bits per heavy atom. The van der Waals surface area contributed by atoms with Gasteiger partial charge >= 0.3 is 0 Å². The van der Waals surface area contributed by atoms with Gasteiger partial charge in [-0.25, -0.2) is 13.4 Å². The molecule has 2 aromatic heterocycles. The molecule has 1 aliphatic heterocycles. The number of nitrogens with zero attached hydrogens (tertiary/aromatic N) is 4. The third-order valence-electron chi connectivity index (χ3n) is 6.48. The Bertz CT molecular complexity index is 1490. The summed E-state index contributed by atoms with van der Waals surface area (Å²) in [4.78, 5) is 24.5. The minimum atomic E-state index is -3.59. The first-order valence-electron chi connectivity index (χ1n) is 12.2. The number of thiazole rings is 1. The summed E-state index contributed by atoms with van der Waals surface area (Å²) in [7, 11) is -0.462. The van der Waals surface area contributed by atoms with Gasteiger partial charge in [0.05, 0.1) is 35.9 Å². The summed E-state index contributed by atoms with van der Waals surface area (Å²) in [6, 6.07) is 13.5. The second-order valence-electron chi connectivity index (χ2n) is 8.91. The van der Waals surface area contributed by atoms with Crippen LogP contribution in [0, 0.1) is 0 Å². The number of piperidine rings is 1. The van der Waals surface area contributed by atoms with Crippen LogP contribution in [0.1, 0.15) is 35.2 Å². The normalized spacial score (nSPS) is 14.4. The average Bonchev–Trinajstić information content (AvgIpc) is 3.38. The number of pyridine rings is 1. The fourth-order valence-electron chi connectivity index (χ4n) is 4.44. The molecule has 198 valence electrons. The maximum Gasteiger partial charge on any atom is 0.260 e. The first-order chi connectivity index (χ1) is 18.4. The average molecular weight is 553 g/mol. The molecule has 0 bridgehead atoms. The molecular weight excluding hydrogens is 524 g/mol. The quantitative estimate of drug-likeness (QED) is 0.311. The number of rotatable bonds is 8. The summed E-state index contributed by atoms with van der Waals surface area (Å²) in [5.41, 5.74) is 1.87. The molecule has 3 heterocycles. The van der Waals surface area contributed by atoms with Gasteiger partial charge < -0.3 is 9.47 Å². The van der Waals surface area contributed by atoms with Crippen LogP contribution in [0.5, 0.6) is 11.5 Å². The van der Waals surface area contributed by atoms with E-state index in [0.29, 0.717) is 40.8 Å². The number of ether oxygens (including phenoxy) is 2. The molecule has 0 saturated carbocycles. The largest absolute Gasteiger partial charge is 0.493 e. The Kier molecular flexibility index (Phi) is 7.59. The molecule has 0 atom stereocenters. The van der Waals surface area contributed by atoms with Crippen LogP contribution >= 0.6 is 11.3 Å². The van der Waals surface area contributed by atoms with Crippen molar-refractivity contribution in [2.45, 2.75) is 30.7 Å². The molecule has 4 aromatic rings. The number of sulfonamides is 1. The predicted octanol–water partition coefficient (Wildman–Crippen LogP) is 4.73. The van der Waals surface area contributed by atoms with Crippen LogP contribution in [-0.2, 0) is 16.6 Å². The monoisotopic (exact) mass is 552 g/mol. The van der Waals surface area contributed by atoms with E-state index >= 15 is 0 Å². The second-order valence-corrected chi connectivity index (χ2v) is 11.9. The molecule has 2 aromatic carbocycles. The molecule has 1 aliphatic rings. The fraction of sp³-hybridized carbons (Fsp3) is 0.296. The lowest BCUT2D eigenvalue weighted by molar-refractivity contribution is 0.0985.